The lowest BCUT2D eigenvalue weighted by Gasteiger charge is -2.15. The van der Waals surface area contributed by atoms with Gasteiger partial charge in [-0.15, -0.1) is 0 Å². The van der Waals surface area contributed by atoms with Crippen molar-refractivity contribution in [3.63, 3.8) is 0 Å². The second-order valence-electron chi connectivity index (χ2n) is 4.27. The molecule has 2 unspecified atom stereocenters. The van der Waals surface area contributed by atoms with E-state index in [4.69, 9.17) is 9.47 Å². The Morgan fingerprint density at radius 3 is 2.95 bits per heavy atom. The molecule has 1 aromatic rings. The first kappa shape index (κ1) is 14.3. The quantitative estimate of drug-likeness (QED) is 0.827. The van der Waals surface area contributed by atoms with Crippen LogP contribution in [0.1, 0.15) is 24.9 Å². The molecule has 2 atom stereocenters. The van der Waals surface area contributed by atoms with Crippen LogP contribution in [0.3, 0.4) is 0 Å². The van der Waals surface area contributed by atoms with Gasteiger partial charge in [0.25, 0.3) is 0 Å². The highest BCUT2D eigenvalue weighted by Crippen LogP contribution is 2.32. The van der Waals surface area contributed by atoms with Gasteiger partial charge in [0.05, 0.1) is 19.8 Å². The number of hydrazine groups is 1. The van der Waals surface area contributed by atoms with Crippen molar-refractivity contribution in [3.05, 3.63) is 28.2 Å². The van der Waals surface area contributed by atoms with E-state index >= 15 is 0 Å². The molecule has 1 fully saturated rings. The van der Waals surface area contributed by atoms with Gasteiger partial charge >= 0.3 is 5.97 Å². The third-order valence-electron chi connectivity index (χ3n) is 3.04. The molecular formula is C13H17BrN2O3. The maximum Gasteiger partial charge on any atom is 0.324 e. The van der Waals surface area contributed by atoms with Gasteiger partial charge < -0.3 is 9.47 Å². The van der Waals surface area contributed by atoms with Gasteiger partial charge in [-0.3, -0.25) is 4.79 Å². The van der Waals surface area contributed by atoms with Crippen molar-refractivity contribution >= 4 is 21.9 Å². The van der Waals surface area contributed by atoms with Gasteiger partial charge in [-0.1, -0.05) is 15.9 Å². The summed E-state index contributed by atoms with van der Waals surface area (Å²) in [7, 11) is 1.39. The summed E-state index contributed by atoms with van der Waals surface area (Å²) in [4.78, 5) is 11.5. The van der Waals surface area contributed by atoms with Gasteiger partial charge in [-0.2, -0.15) is 0 Å². The number of rotatable bonds is 4. The van der Waals surface area contributed by atoms with Crippen molar-refractivity contribution in [2.24, 2.45) is 0 Å². The zero-order valence-electron chi connectivity index (χ0n) is 10.9. The Hall–Kier alpha value is -1.11. The second kappa shape index (κ2) is 6.36. The molecule has 5 nitrogen and oxygen atoms in total. The Kier molecular flexibility index (Phi) is 4.79. The summed E-state index contributed by atoms with van der Waals surface area (Å²) in [6.45, 7) is 2.55. The third kappa shape index (κ3) is 3.26. The molecule has 1 aliphatic rings. The molecule has 1 saturated heterocycles. The van der Waals surface area contributed by atoms with Gasteiger partial charge in [-0.05, 0) is 31.5 Å². The molecule has 0 aliphatic carbocycles. The molecule has 0 amide bonds. The van der Waals surface area contributed by atoms with E-state index in [2.05, 4.69) is 26.8 Å². The van der Waals surface area contributed by atoms with E-state index in [9.17, 15) is 4.79 Å². The van der Waals surface area contributed by atoms with E-state index in [-0.39, 0.29) is 18.1 Å². The molecule has 2 N–H and O–H groups in total. The van der Waals surface area contributed by atoms with E-state index in [1.807, 2.05) is 25.1 Å². The minimum Gasteiger partial charge on any atom is -0.494 e. The molecule has 6 heteroatoms. The van der Waals surface area contributed by atoms with Crippen LogP contribution >= 0.6 is 15.9 Å². The first-order chi connectivity index (χ1) is 9.15. The number of carbonyl (C=O) groups excluding carboxylic acids is 1. The lowest BCUT2D eigenvalue weighted by Crippen LogP contribution is -2.36. The fourth-order valence-electron chi connectivity index (χ4n) is 2.14. The molecule has 19 heavy (non-hydrogen) atoms. The Morgan fingerprint density at radius 2 is 2.26 bits per heavy atom. The first-order valence-corrected chi connectivity index (χ1v) is 6.96. The number of hydrogen-bond acceptors (Lipinski definition) is 5. The molecule has 2 rings (SSSR count). The Morgan fingerprint density at radius 1 is 1.47 bits per heavy atom. The van der Waals surface area contributed by atoms with Gasteiger partial charge in [0.1, 0.15) is 11.8 Å². The number of halogens is 1. The summed E-state index contributed by atoms with van der Waals surface area (Å²) in [6, 6.07) is 5.56. The standard InChI is InChI=1S/C13H17BrN2O3/c1-3-19-12-5-4-8(14)6-9(12)10-7-11(16-15-10)13(17)18-2/h4-6,10-11,15-16H,3,7H2,1-2H3. The highest BCUT2D eigenvalue weighted by atomic mass is 79.9. The summed E-state index contributed by atoms with van der Waals surface area (Å²) in [5.74, 6) is 0.568. The Balaban J connectivity index is 2.18. The zero-order valence-corrected chi connectivity index (χ0v) is 12.5. The molecule has 0 bridgehead atoms. The molecule has 104 valence electrons. The van der Waals surface area contributed by atoms with Crippen LogP contribution in [-0.4, -0.2) is 25.7 Å². The number of hydrogen-bond donors (Lipinski definition) is 2. The molecule has 1 aromatic carbocycles. The fraction of sp³-hybridized carbons (Fsp3) is 0.462. The number of ether oxygens (including phenoxy) is 2. The van der Waals surface area contributed by atoms with Crippen molar-refractivity contribution < 1.29 is 14.3 Å². The number of esters is 1. The van der Waals surface area contributed by atoms with E-state index in [1.54, 1.807) is 0 Å². The summed E-state index contributed by atoms with van der Waals surface area (Å²) in [5, 5.41) is 0. The van der Waals surface area contributed by atoms with E-state index < -0.39 is 0 Å². The molecule has 1 heterocycles. The van der Waals surface area contributed by atoms with Gasteiger partial charge in [0.2, 0.25) is 0 Å². The summed E-state index contributed by atoms with van der Waals surface area (Å²) in [5.41, 5.74) is 7.09. The van der Waals surface area contributed by atoms with Crippen LogP contribution in [-0.2, 0) is 9.53 Å². The summed E-state index contributed by atoms with van der Waals surface area (Å²) in [6.07, 6.45) is 0.628. The monoisotopic (exact) mass is 328 g/mol. The lowest BCUT2D eigenvalue weighted by atomic mass is 10.0. The van der Waals surface area contributed by atoms with Gasteiger partial charge in [0.15, 0.2) is 0 Å². The van der Waals surface area contributed by atoms with Crippen molar-refractivity contribution in [3.8, 4) is 5.75 Å². The molecule has 0 radical (unpaired) electrons. The van der Waals surface area contributed by atoms with Crippen LogP contribution in [0.25, 0.3) is 0 Å². The SMILES string of the molecule is CCOc1ccc(Br)cc1C1CC(C(=O)OC)NN1. The third-order valence-corrected chi connectivity index (χ3v) is 3.53. The largest absolute Gasteiger partial charge is 0.494 e. The van der Waals surface area contributed by atoms with E-state index in [0.29, 0.717) is 13.0 Å². The predicted octanol–water partition coefficient (Wildman–Crippen LogP) is 1.93. The molecule has 0 aromatic heterocycles. The molecular weight excluding hydrogens is 312 g/mol. The highest BCUT2D eigenvalue weighted by Gasteiger charge is 2.32. The number of methoxy groups -OCH3 is 1. The predicted molar refractivity (Wildman–Crippen MR) is 74.7 cm³/mol. The zero-order chi connectivity index (χ0) is 13.8. The van der Waals surface area contributed by atoms with Crippen LogP contribution in [0.2, 0.25) is 0 Å². The lowest BCUT2D eigenvalue weighted by molar-refractivity contribution is -0.142. The van der Waals surface area contributed by atoms with Crippen molar-refractivity contribution in [1.82, 2.24) is 10.9 Å². The van der Waals surface area contributed by atoms with Crippen molar-refractivity contribution in [1.29, 1.82) is 0 Å². The van der Waals surface area contributed by atoms with Crippen LogP contribution in [0, 0.1) is 0 Å². The number of carbonyl (C=O) groups is 1. The minimum atomic E-state index is -0.330. The Labute approximate surface area is 120 Å². The molecule has 1 aliphatic heterocycles. The van der Waals surface area contributed by atoms with E-state index in [1.165, 1.54) is 7.11 Å². The van der Waals surface area contributed by atoms with Crippen molar-refractivity contribution in [2.75, 3.05) is 13.7 Å². The first-order valence-electron chi connectivity index (χ1n) is 6.16. The van der Waals surface area contributed by atoms with Crippen molar-refractivity contribution in [2.45, 2.75) is 25.4 Å². The highest BCUT2D eigenvalue weighted by molar-refractivity contribution is 9.10. The Bertz CT molecular complexity index is 467. The van der Waals surface area contributed by atoms with Crippen LogP contribution in [0.4, 0.5) is 0 Å². The van der Waals surface area contributed by atoms with Crippen LogP contribution < -0.4 is 15.6 Å². The molecule has 0 spiro atoms. The topological polar surface area (TPSA) is 59.6 Å². The normalized spacial score (nSPS) is 22.3. The van der Waals surface area contributed by atoms with Crippen LogP contribution in [0.15, 0.2) is 22.7 Å². The van der Waals surface area contributed by atoms with E-state index in [0.717, 1.165) is 15.8 Å². The smallest absolute Gasteiger partial charge is 0.324 e. The average Bonchev–Trinajstić information content (AvgIpc) is 2.89. The number of nitrogens with one attached hydrogen (secondary N) is 2. The maximum absolute atomic E-state index is 11.5. The van der Waals surface area contributed by atoms with Gasteiger partial charge in [-0.25, -0.2) is 10.9 Å². The maximum atomic E-state index is 11.5. The average molecular weight is 329 g/mol. The number of benzene rings is 1. The summed E-state index contributed by atoms with van der Waals surface area (Å²) >= 11 is 3.46. The summed E-state index contributed by atoms with van der Waals surface area (Å²) < 4.78 is 11.3. The second-order valence-corrected chi connectivity index (χ2v) is 5.18. The fourth-order valence-corrected chi connectivity index (χ4v) is 2.51. The van der Waals surface area contributed by atoms with Gasteiger partial charge in [0, 0.05) is 10.0 Å². The molecule has 0 saturated carbocycles. The minimum absolute atomic E-state index is 0.0168. The van der Waals surface area contributed by atoms with Crippen LogP contribution in [0.5, 0.6) is 5.75 Å².